The van der Waals surface area contributed by atoms with Crippen molar-refractivity contribution < 1.29 is 9.16 Å². The first-order chi connectivity index (χ1) is 10.2. The van der Waals surface area contributed by atoms with Crippen LogP contribution >= 0.6 is 0 Å². The van der Waals surface area contributed by atoms with Crippen LogP contribution in [0.4, 0.5) is 0 Å². The van der Waals surface area contributed by atoms with E-state index >= 15 is 0 Å². The van der Waals surface area contributed by atoms with Crippen LogP contribution in [-0.4, -0.2) is 20.5 Å². The average molecular weight is 317 g/mol. The van der Waals surface area contributed by atoms with Gasteiger partial charge in [-0.3, -0.25) is 0 Å². The molecule has 0 N–H and O–H groups in total. The van der Waals surface area contributed by atoms with Gasteiger partial charge in [0.15, 0.2) is 8.32 Å². The van der Waals surface area contributed by atoms with Gasteiger partial charge in [-0.2, -0.15) is 0 Å². The van der Waals surface area contributed by atoms with Crippen LogP contribution in [-0.2, 0) is 4.43 Å². The van der Waals surface area contributed by atoms with Crippen molar-refractivity contribution >= 4 is 14.4 Å². The van der Waals surface area contributed by atoms with Crippen molar-refractivity contribution in [2.75, 3.05) is 0 Å². The van der Waals surface area contributed by atoms with Gasteiger partial charge in [-0.25, -0.2) is 0 Å². The van der Waals surface area contributed by atoms with E-state index in [4.69, 9.17) is 9.16 Å². The minimum Gasteiger partial charge on any atom is -0.483 e. The number of rotatable bonds is 5. The molecule has 1 aliphatic heterocycles. The maximum absolute atomic E-state index is 6.59. The average Bonchev–Trinajstić information content (AvgIpc) is 2.45. The summed E-state index contributed by atoms with van der Waals surface area (Å²) in [5.41, 5.74) is 1.13. The second-order valence-corrected chi connectivity index (χ2v) is 12.2. The van der Waals surface area contributed by atoms with Crippen LogP contribution in [0.25, 0.3) is 6.08 Å². The summed E-state index contributed by atoms with van der Waals surface area (Å²) in [6.45, 7) is 15.2. The molecular weight excluding hydrogens is 288 g/mol. The zero-order chi connectivity index (χ0) is 16.4. The molecule has 2 rings (SSSR count). The molecule has 0 bridgehead atoms. The zero-order valence-electron chi connectivity index (χ0n) is 14.4. The lowest BCUT2D eigenvalue weighted by Gasteiger charge is -2.41. The fraction of sp³-hybridized carbons (Fsp3) is 0.474. The molecule has 0 aliphatic carbocycles. The molecule has 3 heteroatoms. The highest BCUT2D eigenvalue weighted by atomic mass is 28.4. The standard InChI is InChI=1S/C19H28O2Si/c1-7-10-18(21-22(5,6)19(2,3)4)17-14-13-15-11-8-9-12-16(15)20-17/h7-9,11-14,17-18H,1,10H2,2-6H3/t17-,18-/m1/s1. The molecule has 1 aliphatic rings. The zero-order valence-corrected chi connectivity index (χ0v) is 15.4. The fourth-order valence-electron chi connectivity index (χ4n) is 2.28. The maximum atomic E-state index is 6.59. The summed E-state index contributed by atoms with van der Waals surface area (Å²) in [4.78, 5) is 0. The van der Waals surface area contributed by atoms with Gasteiger partial charge in [0.2, 0.25) is 0 Å². The van der Waals surface area contributed by atoms with Gasteiger partial charge in [-0.05, 0) is 36.7 Å². The molecule has 2 atom stereocenters. The molecule has 1 aromatic rings. The fourth-order valence-corrected chi connectivity index (χ4v) is 3.62. The first kappa shape index (κ1) is 17.0. The van der Waals surface area contributed by atoms with Crippen LogP contribution in [0.15, 0.2) is 43.0 Å². The Bertz CT molecular complexity index is 555. The SMILES string of the molecule is C=CC[C@@H](O[Si](C)(C)C(C)(C)C)[C@H]1C=Cc2ccccc2O1. The summed E-state index contributed by atoms with van der Waals surface area (Å²) in [7, 11) is -1.84. The smallest absolute Gasteiger partial charge is 0.192 e. The Hall–Kier alpha value is -1.32. The molecule has 120 valence electrons. The highest BCUT2D eigenvalue weighted by Crippen LogP contribution is 2.39. The molecule has 0 saturated carbocycles. The van der Waals surface area contributed by atoms with Crippen LogP contribution in [0.1, 0.15) is 32.8 Å². The van der Waals surface area contributed by atoms with Gasteiger partial charge in [0.25, 0.3) is 0 Å². The number of ether oxygens (including phenoxy) is 1. The van der Waals surface area contributed by atoms with E-state index in [1.807, 2.05) is 24.3 Å². The van der Waals surface area contributed by atoms with E-state index in [0.717, 1.165) is 17.7 Å². The van der Waals surface area contributed by atoms with Crippen molar-refractivity contribution in [2.45, 2.75) is 57.5 Å². The Morgan fingerprint density at radius 1 is 1.32 bits per heavy atom. The van der Waals surface area contributed by atoms with Gasteiger partial charge >= 0.3 is 0 Å². The van der Waals surface area contributed by atoms with Gasteiger partial charge in [0, 0.05) is 5.56 Å². The molecule has 0 unspecified atom stereocenters. The number of benzene rings is 1. The van der Waals surface area contributed by atoms with E-state index in [2.05, 4.69) is 58.7 Å². The monoisotopic (exact) mass is 316 g/mol. The Morgan fingerprint density at radius 2 is 2.00 bits per heavy atom. The normalized spacial score (nSPS) is 19.2. The topological polar surface area (TPSA) is 18.5 Å². The van der Waals surface area contributed by atoms with Gasteiger partial charge < -0.3 is 9.16 Å². The van der Waals surface area contributed by atoms with Crippen molar-refractivity contribution in [3.05, 3.63) is 48.6 Å². The van der Waals surface area contributed by atoms with Crippen LogP contribution in [0, 0.1) is 0 Å². The summed E-state index contributed by atoms with van der Waals surface area (Å²) in [5.74, 6) is 0.933. The van der Waals surface area contributed by atoms with Crippen LogP contribution in [0.2, 0.25) is 18.1 Å². The lowest BCUT2D eigenvalue weighted by atomic mass is 10.0. The third-order valence-electron chi connectivity index (χ3n) is 4.67. The van der Waals surface area contributed by atoms with Gasteiger partial charge in [-0.1, -0.05) is 51.1 Å². The summed E-state index contributed by atoms with van der Waals surface area (Å²) < 4.78 is 12.8. The number of hydrogen-bond donors (Lipinski definition) is 0. The summed E-state index contributed by atoms with van der Waals surface area (Å²) in [6, 6.07) is 8.12. The van der Waals surface area contributed by atoms with Crippen molar-refractivity contribution in [1.82, 2.24) is 0 Å². The molecule has 1 aromatic carbocycles. The van der Waals surface area contributed by atoms with E-state index in [-0.39, 0.29) is 17.2 Å². The number of para-hydroxylation sites is 1. The first-order valence-electron chi connectivity index (χ1n) is 7.97. The van der Waals surface area contributed by atoms with Crippen LogP contribution in [0.3, 0.4) is 0 Å². The lowest BCUT2D eigenvalue weighted by molar-refractivity contribution is 0.0728. The van der Waals surface area contributed by atoms with Crippen molar-refractivity contribution in [2.24, 2.45) is 0 Å². The molecule has 22 heavy (non-hydrogen) atoms. The second-order valence-electron chi connectivity index (χ2n) is 7.42. The Labute approximate surface area is 136 Å². The predicted octanol–water partition coefficient (Wildman–Crippen LogP) is 5.43. The molecule has 2 nitrogen and oxygen atoms in total. The highest BCUT2D eigenvalue weighted by Gasteiger charge is 2.40. The van der Waals surface area contributed by atoms with Crippen molar-refractivity contribution in [3.8, 4) is 5.75 Å². The molecule has 0 amide bonds. The quantitative estimate of drug-likeness (QED) is 0.533. The summed E-state index contributed by atoms with van der Waals surface area (Å²) in [5, 5.41) is 0.183. The van der Waals surface area contributed by atoms with E-state index < -0.39 is 8.32 Å². The van der Waals surface area contributed by atoms with Crippen LogP contribution < -0.4 is 4.74 Å². The summed E-state index contributed by atoms with van der Waals surface area (Å²) >= 11 is 0. The van der Waals surface area contributed by atoms with E-state index in [1.165, 1.54) is 0 Å². The second kappa shape index (κ2) is 6.43. The van der Waals surface area contributed by atoms with E-state index in [0.29, 0.717) is 0 Å². The van der Waals surface area contributed by atoms with E-state index in [1.54, 1.807) is 0 Å². The molecule has 0 saturated heterocycles. The van der Waals surface area contributed by atoms with Gasteiger partial charge in [0.05, 0.1) is 6.10 Å². The Balaban J connectivity index is 2.18. The molecule has 0 spiro atoms. The predicted molar refractivity (Wildman–Crippen MR) is 96.8 cm³/mol. The highest BCUT2D eigenvalue weighted by molar-refractivity contribution is 6.74. The maximum Gasteiger partial charge on any atom is 0.192 e. The number of hydrogen-bond acceptors (Lipinski definition) is 2. The third-order valence-corrected chi connectivity index (χ3v) is 9.17. The van der Waals surface area contributed by atoms with Crippen molar-refractivity contribution in [3.63, 3.8) is 0 Å². The minimum atomic E-state index is -1.84. The molecule has 0 radical (unpaired) electrons. The Morgan fingerprint density at radius 3 is 2.64 bits per heavy atom. The number of fused-ring (bicyclic) bond motifs is 1. The lowest BCUT2D eigenvalue weighted by Crippen LogP contribution is -2.48. The molecule has 0 fully saturated rings. The first-order valence-corrected chi connectivity index (χ1v) is 10.9. The van der Waals surface area contributed by atoms with Crippen molar-refractivity contribution in [1.29, 1.82) is 0 Å². The molecular formula is C19H28O2Si. The minimum absolute atomic E-state index is 0.0167. The van der Waals surface area contributed by atoms with Gasteiger partial charge in [0.1, 0.15) is 11.9 Å². The van der Waals surface area contributed by atoms with Gasteiger partial charge in [-0.15, -0.1) is 6.58 Å². The largest absolute Gasteiger partial charge is 0.483 e. The molecule has 0 aromatic heterocycles. The Kier molecular flexibility index (Phi) is 4.98. The molecule has 1 heterocycles. The van der Waals surface area contributed by atoms with Crippen LogP contribution in [0.5, 0.6) is 5.75 Å². The van der Waals surface area contributed by atoms with E-state index in [9.17, 15) is 0 Å². The third kappa shape index (κ3) is 3.71. The summed E-state index contributed by atoms with van der Waals surface area (Å²) in [6.07, 6.45) is 6.93.